The smallest absolute Gasteiger partial charge is 0.338 e. The number of nitrogens with zero attached hydrogens (tertiary/aromatic N) is 1. The Morgan fingerprint density at radius 1 is 1.12 bits per heavy atom. The summed E-state index contributed by atoms with van der Waals surface area (Å²) >= 11 is 0. The second-order valence-electron chi connectivity index (χ2n) is 5.34. The van der Waals surface area contributed by atoms with Crippen LogP contribution in [-0.2, 0) is 21.2 Å². The van der Waals surface area contributed by atoms with Gasteiger partial charge in [0.2, 0.25) is 5.91 Å². The van der Waals surface area contributed by atoms with Gasteiger partial charge < -0.3 is 10.5 Å². The summed E-state index contributed by atoms with van der Waals surface area (Å²) in [6.45, 7) is -0.401. The zero-order chi connectivity index (χ0) is 19.5. The summed E-state index contributed by atoms with van der Waals surface area (Å²) in [6.07, 6.45) is 1.04. The van der Waals surface area contributed by atoms with Crippen LogP contribution in [0.3, 0.4) is 0 Å². The molecule has 2 aromatic rings. The second kappa shape index (κ2) is 7.31. The highest BCUT2D eigenvalue weighted by molar-refractivity contribution is 7.90. The van der Waals surface area contributed by atoms with E-state index in [9.17, 15) is 28.1 Å². The molecule has 0 saturated heterocycles. The highest BCUT2D eigenvalue weighted by Crippen LogP contribution is 2.22. The summed E-state index contributed by atoms with van der Waals surface area (Å²) in [6, 6.07) is 8.66. The fraction of sp³-hybridized carbons (Fsp3) is 0.125. The molecule has 26 heavy (non-hydrogen) atoms. The number of primary amides is 1. The molecule has 136 valence electrons. The quantitative estimate of drug-likeness (QED) is 0.454. The molecule has 10 heteroatoms. The lowest BCUT2D eigenvalue weighted by atomic mass is 10.1. The summed E-state index contributed by atoms with van der Waals surface area (Å²) in [7, 11) is -3.39. The number of nitro groups is 1. The minimum absolute atomic E-state index is 0.0388. The lowest BCUT2D eigenvalue weighted by Crippen LogP contribution is -2.12. The molecule has 0 atom stereocenters. The highest BCUT2D eigenvalue weighted by atomic mass is 32.2. The maximum Gasteiger partial charge on any atom is 0.338 e. The van der Waals surface area contributed by atoms with Crippen LogP contribution in [0.5, 0.6) is 0 Å². The number of hydrogen-bond donors (Lipinski definition) is 1. The van der Waals surface area contributed by atoms with Crippen LogP contribution >= 0.6 is 0 Å². The van der Waals surface area contributed by atoms with E-state index in [0.29, 0.717) is 0 Å². The van der Waals surface area contributed by atoms with Crippen molar-refractivity contribution < 1.29 is 27.7 Å². The Morgan fingerprint density at radius 3 is 2.19 bits per heavy atom. The monoisotopic (exact) mass is 378 g/mol. The molecule has 0 bridgehead atoms. The van der Waals surface area contributed by atoms with Gasteiger partial charge in [-0.25, -0.2) is 13.2 Å². The fourth-order valence-corrected chi connectivity index (χ4v) is 2.70. The average Bonchev–Trinajstić information content (AvgIpc) is 2.58. The van der Waals surface area contributed by atoms with Gasteiger partial charge in [-0.15, -0.1) is 0 Å². The maximum atomic E-state index is 12.0. The molecule has 0 aliphatic rings. The number of ether oxygens (including phenoxy) is 1. The number of nitrogens with two attached hydrogens (primary N) is 1. The fourth-order valence-electron chi connectivity index (χ4n) is 2.07. The van der Waals surface area contributed by atoms with Crippen LogP contribution in [-0.4, -0.2) is 31.5 Å². The van der Waals surface area contributed by atoms with E-state index in [1.165, 1.54) is 36.4 Å². The Kier molecular flexibility index (Phi) is 5.36. The third kappa shape index (κ3) is 4.42. The third-order valence-corrected chi connectivity index (χ3v) is 4.57. The van der Waals surface area contributed by atoms with Gasteiger partial charge in [-0.3, -0.25) is 14.9 Å². The van der Waals surface area contributed by atoms with Crippen molar-refractivity contribution in [3.05, 3.63) is 69.3 Å². The molecule has 0 heterocycles. The summed E-state index contributed by atoms with van der Waals surface area (Å²) in [5, 5.41) is 11.1. The second-order valence-corrected chi connectivity index (χ2v) is 7.35. The van der Waals surface area contributed by atoms with E-state index in [2.05, 4.69) is 0 Å². The van der Waals surface area contributed by atoms with E-state index >= 15 is 0 Å². The van der Waals surface area contributed by atoms with E-state index in [4.69, 9.17) is 10.5 Å². The van der Waals surface area contributed by atoms with Gasteiger partial charge in [0.1, 0.15) is 6.61 Å². The Labute approximate surface area is 148 Å². The van der Waals surface area contributed by atoms with Gasteiger partial charge in [0.05, 0.1) is 20.9 Å². The largest absolute Gasteiger partial charge is 0.457 e. The van der Waals surface area contributed by atoms with E-state index in [0.717, 1.165) is 12.3 Å². The average molecular weight is 378 g/mol. The van der Waals surface area contributed by atoms with Crippen LogP contribution in [0.1, 0.15) is 26.3 Å². The van der Waals surface area contributed by atoms with Crippen LogP contribution in [0.4, 0.5) is 5.69 Å². The van der Waals surface area contributed by atoms with Crippen molar-refractivity contribution in [2.24, 2.45) is 5.73 Å². The van der Waals surface area contributed by atoms with Crippen molar-refractivity contribution in [1.29, 1.82) is 0 Å². The summed E-state index contributed by atoms with van der Waals surface area (Å²) in [4.78, 5) is 33.6. The predicted octanol–water partition coefficient (Wildman–Crippen LogP) is 1.45. The molecule has 2 rings (SSSR count). The Hall–Kier alpha value is -3.27. The topological polar surface area (TPSA) is 147 Å². The standard InChI is InChI=1S/C16H14N2O7S/c1-26(23,24)13-6-4-10(5-7-13)16(20)25-9-12-3-2-11(15(17)19)8-14(12)18(21)22/h2-8H,9H2,1H3,(H2,17,19). The molecular weight excluding hydrogens is 364 g/mol. The Morgan fingerprint density at radius 2 is 1.69 bits per heavy atom. The number of nitro benzene ring substituents is 1. The van der Waals surface area contributed by atoms with E-state index in [-0.39, 0.29) is 21.6 Å². The van der Waals surface area contributed by atoms with Crippen LogP contribution in [0.2, 0.25) is 0 Å². The van der Waals surface area contributed by atoms with Crippen molar-refractivity contribution in [2.75, 3.05) is 6.26 Å². The number of sulfone groups is 1. The van der Waals surface area contributed by atoms with Gasteiger partial charge >= 0.3 is 5.97 Å². The first-order valence-electron chi connectivity index (χ1n) is 7.14. The SMILES string of the molecule is CS(=O)(=O)c1ccc(C(=O)OCc2ccc(C(N)=O)cc2[N+](=O)[O-])cc1. The van der Waals surface area contributed by atoms with Crippen molar-refractivity contribution in [3.63, 3.8) is 0 Å². The molecule has 2 aromatic carbocycles. The van der Waals surface area contributed by atoms with Crippen molar-refractivity contribution in [1.82, 2.24) is 0 Å². The molecule has 2 N–H and O–H groups in total. The van der Waals surface area contributed by atoms with Gasteiger partial charge in [0.15, 0.2) is 9.84 Å². The highest BCUT2D eigenvalue weighted by Gasteiger charge is 2.18. The lowest BCUT2D eigenvalue weighted by Gasteiger charge is -2.07. The minimum atomic E-state index is -3.39. The molecule has 0 fully saturated rings. The Balaban J connectivity index is 2.16. The van der Waals surface area contributed by atoms with Crippen LogP contribution < -0.4 is 5.73 Å². The maximum absolute atomic E-state index is 12.0. The molecule has 0 radical (unpaired) electrons. The first-order chi connectivity index (χ1) is 12.1. The van der Waals surface area contributed by atoms with Crippen LogP contribution in [0, 0.1) is 10.1 Å². The molecule has 0 aliphatic carbocycles. The number of rotatable bonds is 6. The number of esters is 1. The number of hydrogen-bond acceptors (Lipinski definition) is 7. The van der Waals surface area contributed by atoms with Crippen LogP contribution in [0.25, 0.3) is 0 Å². The number of benzene rings is 2. The normalized spacial score (nSPS) is 11.0. The number of carbonyl (C=O) groups is 2. The van der Waals surface area contributed by atoms with Gasteiger partial charge in [-0.1, -0.05) is 0 Å². The summed E-state index contributed by atoms with van der Waals surface area (Å²) in [5.74, 6) is -1.60. The molecular formula is C16H14N2O7S. The Bertz CT molecular complexity index is 982. The molecule has 0 saturated carbocycles. The summed E-state index contributed by atoms with van der Waals surface area (Å²) < 4.78 is 27.8. The van der Waals surface area contributed by atoms with Crippen molar-refractivity contribution >= 4 is 27.4 Å². The molecule has 1 amide bonds. The molecule has 0 aromatic heterocycles. The zero-order valence-corrected chi connectivity index (χ0v) is 14.4. The first-order valence-corrected chi connectivity index (χ1v) is 9.03. The zero-order valence-electron chi connectivity index (χ0n) is 13.5. The third-order valence-electron chi connectivity index (χ3n) is 3.44. The van der Waals surface area contributed by atoms with Crippen molar-refractivity contribution in [2.45, 2.75) is 11.5 Å². The minimum Gasteiger partial charge on any atom is -0.457 e. The molecule has 9 nitrogen and oxygen atoms in total. The molecule has 0 unspecified atom stereocenters. The van der Waals surface area contributed by atoms with Crippen molar-refractivity contribution in [3.8, 4) is 0 Å². The first kappa shape index (κ1) is 19.1. The van der Waals surface area contributed by atoms with E-state index < -0.39 is 38.9 Å². The van der Waals surface area contributed by atoms with Gasteiger partial charge in [0, 0.05) is 17.9 Å². The lowest BCUT2D eigenvalue weighted by molar-refractivity contribution is -0.385. The van der Waals surface area contributed by atoms with Gasteiger partial charge in [0.25, 0.3) is 5.69 Å². The van der Waals surface area contributed by atoms with E-state index in [1.54, 1.807) is 0 Å². The number of carbonyl (C=O) groups excluding carboxylic acids is 2. The number of amides is 1. The van der Waals surface area contributed by atoms with E-state index in [1.807, 2.05) is 0 Å². The summed E-state index contributed by atoms with van der Waals surface area (Å²) in [5.41, 5.74) is 4.82. The van der Waals surface area contributed by atoms with Gasteiger partial charge in [-0.2, -0.15) is 0 Å². The predicted molar refractivity (Wildman–Crippen MR) is 90.3 cm³/mol. The molecule has 0 spiro atoms. The molecule has 0 aliphatic heterocycles. The van der Waals surface area contributed by atoms with Crippen LogP contribution in [0.15, 0.2) is 47.4 Å². The van der Waals surface area contributed by atoms with Gasteiger partial charge in [-0.05, 0) is 36.4 Å².